The summed E-state index contributed by atoms with van der Waals surface area (Å²) in [4.78, 5) is 29.3. The molecule has 3 rings (SSSR count). The lowest BCUT2D eigenvalue weighted by Gasteiger charge is -2.21. The van der Waals surface area contributed by atoms with Gasteiger partial charge in [0.05, 0.1) is 0 Å². The van der Waals surface area contributed by atoms with E-state index in [1.165, 1.54) is 10.9 Å². The molecule has 28 heavy (non-hydrogen) atoms. The second kappa shape index (κ2) is 9.55. The van der Waals surface area contributed by atoms with Gasteiger partial charge < -0.3 is 14.6 Å². The number of aromatic nitrogens is 1. The third kappa shape index (κ3) is 4.88. The van der Waals surface area contributed by atoms with Crippen molar-refractivity contribution < 1.29 is 14.3 Å². The number of carbonyl (C=O) groups excluding carboxylic acids is 2. The van der Waals surface area contributed by atoms with Crippen molar-refractivity contribution in [1.82, 2.24) is 4.98 Å². The number of carbonyl (C=O) groups is 2. The molecule has 0 aliphatic carbocycles. The second-order valence-electron chi connectivity index (χ2n) is 6.50. The van der Waals surface area contributed by atoms with Crippen molar-refractivity contribution in [2.24, 2.45) is 0 Å². The maximum atomic E-state index is 12.4. The van der Waals surface area contributed by atoms with Crippen LogP contribution in [0.1, 0.15) is 18.4 Å². The van der Waals surface area contributed by atoms with Crippen molar-refractivity contribution in [3.63, 3.8) is 0 Å². The Morgan fingerprint density at radius 2 is 1.82 bits per heavy atom. The summed E-state index contributed by atoms with van der Waals surface area (Å²) < 4.78 is 5.19. The van der Waals surface area contributed by atoms with Crippen molar-refractivity contribution in [3.05, 3.63) is 79.0 Å². The molecule has 0 spiro atoms. The number of anilines is 1. The minimum absolute atomic E-state index is 0.268. The standard InChI is InChI=1S/C23H24N2O3/c1-2-15-25(19-10-4-3-5-11-19)22(26)17-28-23(27)14-8-9-18-16-24-21-13-7-6-12-20(18)21/h2-7,10-13,16,24H,1,8-9,14-15,17H2. The zero-order chi connectivity index (χ0) is 19.8. The summed E-state index contributed by atoms with van der Waals surface area (Å²) in [5.41, 5.74) is 3.03. The Balaban J connectivity index is 1.46. The van der Waals surface area contributed by atoms with Crippen LogP contribution < -0.4 is 4.90 Å². The maximum absolute atomic E-state index is 12.4. The molecule has 5 nitrogen and oxygen atoms in total. The van der Waals surface area contributed by atoms with Crippen LogP contribution in [0, 0.1) is 0 Å². The van der Waals surface area contributed by atoms with Crippen LogP contribution >= 0.6 is 0 Å². The van der Waals surface area contributed by atoms with Gasteiger partial charge in [-0.3, -0.25) is 9.59 Å². The number of esters is 1. The predicted molar refractivity (Wildman–Crippen MR) is 111 cm³/mol. The van der Waals surface area contributed by atoms with Gasteiger partial charge in [-0.15, -0.1) is 6.58 Å². The average molecular weight is 376 g/mol. The molecule has 0 fully saturated rings. The van der Waals surface area contributed by atoms with E-state index in [2.05, 4.69) is 17.6 Å². The second-order valence-corrected chi connectivity index (χ2v) is 6.50. The van der Waals surface area contributed by atoms with Gasteiger partial charge in [0.15, 0.2) is 6.61 Å². The molecule has 0 atom stereocenters. The topological polar surface area (TPSA) is 62.4 Å². The Kier molecular flexibility index (Phi) is 6.63. The summed E-state index contributed by atoms with van der Waals surface area (Å²) in [5.74, 6) is -0.629. The van der Waals surface area contributed by atoms with Crippen LogP contribution in [0.15, 0.2) is 73.4 Å². The van der Waals surface area contributed by atoms with Gasteiger partial charge in [-0.1, -0.05) is 42.5 Å². The molecule has 1 amide bonds. The zero-order valence-corrected chi connectivity index (χ0v) is 15.8. The van der Waals surface area contributed by atoms with E-state index in [9.17, 15) is 9.59 Å². The van der Waals surface area contributed by atoms with Crippen molar-refractivity contribution in [2.45, 2.75) is 19.3 Å². The first kappa shape index (κ1) is 19.4. The molecule has 2 aromatic carbocycles. The first-order chi connectivity index (χ1) is 13.7. The van der Waals surface area contributed by atoms with E-state index in [-0.39, 0.29) is 24.9 Å². The lowest BCUT2D eigenvalue weighted by Crippen LogP contribution is -2.34. The number of aromatic amines is 1. The fraction of sp³-hybridized carbons (Fsp3) is 0.217. The highest BCUT2D eigenvalue weighted by atomic mass is 16.5. The number of hydrogen-bond donors (Lipinski definition) is 1. The molecule has 1 heterocycles. The zero-order valence-electron chi connectivity index (χ0n) is 15.8. The van der Waals surface area contributed by atoms with Gasteiger partial charge in [0.2, 0.25) is 0 Å². The van der Waals surface area contributed by atoms with E-state index in [4.69, 9.17) is 4.74 Å². The fourth-order valence-electron chi connectivity index (χ4n) is 3.14. The van der Waals surface area contributed by atoms with Gasteiger partial charge in [0, 0.05) is 35.8 Å². The Morgan fingerprint density at radius 1 is 1.07 bits per heavy atom. The Bertz CT molecular complexity index is 947. The van der Waals surface area contributed by atoms with Crippen LogP contribution in [0.3, 0.4) is 0 Å². The van der Waals surface area contributed by atoms with Crippen molar-refractivity contribution in [2.75, 3.05) is 18.1 Å². The van der Waals surface area contributed by atoms with Gasteiger partial charge >= 0.3 is 5.97 Å². The van der Waals surface area contributed by atoms with E-state index in [0.29, 0.717) is 13.0 Å². The number of para-hydroxylation sites is 2. The van der Waals surface area contributed by atoms with Crippen LogP contribution in [0.2, 0.25) is 0 Å². The van der Waals surface area contributed by atoms with Crippen molar-refractivity contribution in [3.8, 4) is 0 Å². The third-order valence-electron chi connectivity index (χ3n) is 4.54. The molecule has 0 aliphatic rings. The molecule has 0 radical (unpaired) electrons. The molecule has 0 bridgehead atoms. The molecular formula is C23H24N2O3. The van der Waals surface area contributed by atoms with Gasteiger partial charge in [-0.25, -0.2) is 0 Å². The Labute approximate surface area is 164 Å². The van der Waals surface area contributed by atoms with Crippen molar-refractivity contribution in [1.29, 1.82) is 0 Å². The number of fused-ring (bicyclic) bond motifs is 1. The van der Waals surface area contributed by atoms with E-state index < -0.39 is 0 Å². The Hall–Kier alpha value is -3.34. The summed E-state index contributed by atoms with van der Waals surface area (Å²) in [5, 5.41) is 1.17. The summed E-state index contributed by atoms with van der Waals surface area (Å²) in [6, 6.07) is 17.4. The van der Waals surface area contributed by atoms with E-state index in [1.807, 2.05) is 54.7 Å². The first-order valence-corrected chi connectivity index (χ1v) is 9.36. The lowest BCUT2D eigenvalue weighted by atomic mass is 10.1. The van der Waals surface area contributed by atoms with Gasteiger partial charge in [-0.05, 0) is 36.6 Å². The third-order valence-corrected chi connectivity index (χ3v) is 4.54. The van der Waals surface area contributed by atoms with Crippen LogP contribution in [0.4, 0.5) is 5.69 Å². The number of benzene rings is 2. The SMILES string of the molecule is C=CCN(C(=O)COC(=O)CCCc1c[nH]c2ccccc12)c1ccccc1. The summed E-state index contributed by atoms with van der Waals surface area (Å²) >= 11 is 0. The van der Waals surface area contributed by atoms with E-state index in [1.54, 1.807) is 11.0 Å². The largest absolute Gasteiger partial charge is 0.456 e. The molecule has 0 saturated carbocycles. The number of amides is 1. The molecule has 0 aliphatic heterocycles. The first-order valence-electron chi connectivity index (χ1n) is 9.36. The predicted octanol–water partition coefficient (Wildman–Crippen LogP) is 4.25. The Morgan fingerprint density at radius 3 is 2.61 bits per heavy atom. The smallest absolute Gasteiger partial charge is 0.306 e. The molecular weight excluding hydrogens is 352 g/mol. The molecule has 5 heteroatoms. The number of aryl methyl sites for hydroxylation is 1. The number of H-pyrrole nitrogens is 1. The highest BCUT2D eigenvalue weighted by molar-refractivity contribution is 5.95. The number of ether oxygens (including phenoxy) is 1. The maximum Gasteiger partial charge on any atom is 0.306 e. The van der Waals surface area contributed by atoms with Crippen LogP contribution in [-0.4, -0.2) is 30.0 Å². The molecule has 3 aromatic rings. The molecule has 144 valence electrons. The summed E-state index contributed by atoms with van der Waals surface area (Å²) in [6.45, 7) is 3.78. The van der Waals surface area contributed by atoms with Crippen LogP contribution in [-0.2, 0) is 20.7 Å². The van der Waals surface area contributed by atoms with Crippen LogP contribution in [0.5, 0.6) is 0 Å². The van der Waals surface area contributed by atoms with Gasteiger partial charge in [0.25, 0.3) is 5.91 Å². The van der Waals surface area contributed by atoms with Gasteiger partial charge in [0.1, 0.15) is 0 Å². The molecule has 1 N–H and O–H groups in total. The highest BCUT2D eigenvalue weighted by Gasteiger charge is 2.16. The minimum atomic E-state index is -0.361. The number of hydrogen-bond acceptors (Lipinski definition) is 3. The molecule has 1 aromatic heterocycles. The summed E-state index contributed by atoms with van der Waals surface area (Å²) in [7, 11) is 0. The van der Waals surface area contributed by atoms with E-state index >= 15 is 0 Å². The normalized spacial score (nSPS) is 10.6. The highest BCUT2D eigenvalue weighted by Crippen LogP contribution is 2.19. The lowest BCUT2D eigenvalue weighted by molar-refractivity contribution is -0.147. The average Bonchev–Trinajstić information content (AvgIpc) is 3.14. The van der Waals surface area contributed by atoms with E-state index in [0.717, 1.165) is 17.6 Å². The fourth-order valence-corrected chi connectivity index (χ4v) is 3.14. The van der Waals surface area contributed by atoms with Crippen molar-refractivity contribution >= 4 is 28.5 Å². The number of rotatable bonds is 9. The number of nitrogens with zero attached hydrogens (tertiary/aromatic N) is 1. The molecule has 0 unspecified atom stereocenters. The monoisotopic (exact) mass is 376 g/mol. The van der Waals surface area contributed by atoms with Crippen LogP contribution in [0.25, 0.3) is 10.9 Å². The summed E-state index contributed by atoms with van der Waals surface area (Å²) in [6.07, 6.45) is 5.35. The minimum Gasteiger partial charge on any atom is -0.456 e. The number of nitrogens with one attached hydrogen (secondary N) is 1. The molecule has 0 saturated heterocycles. The van der Waals surface area contributed by atoms with Gasteiger partial charge in [-0.2, -0.15) is 0 Å². The quantitative estimate of drug-likeness (QED) is 0.448.